The predicted octanol–water partition coefficient (Wildman–Crippen LogP) is 3.11. The maximum Gasteiger partial charge on any atom is 0.136 e. The van der Waals surface area contributed by atoms with Crippen LogP contribution < -0.4 is 0 Å². The lowest BCUT2D eigenvalue weighted by Crippen LogP contribution is -2.42. The first-order valence-corrected chi connectivity index (χ1v) is 5.92. The number of nitriles is 1. The van der Waals surface area contributed by atoms with Gasteiger partial charge in [-0.1, -0.05) is 45.0 Å². The van der Waals surface area contributed by atoms with E-state index in [-0.39, 0.29) is 11.2 Å². The highest BCUT2D eigenvalue weighted by Crippen LogP contribution is 2.44. The van der Waals surface area contributed by atoms with Crippen LogP contribution in [-0.4, -0.2) is 5.78 Å². The summed E-state index contributed by atoms with van der Waals surface area (Å²) in [7, 11) is 0. The van der Waals surface area contributed by atoms with Crippen molar-refractivity contribution in [3.63, 3.8) is 0 Å². The first kappa shape index (κ1) is 11.9. The van der Waals surface area contributed by atoms with Gasteiger partial charge < -0.3 is 0 Å². The normalized spacial score (nSPS) is 18.4. The third kappa shape index (κ3) is 1.86. The summed E-state index contributed by atoms with van der Waals surface area (Å²) in [6, 6.07) is 10.4. The van der Waals surface area contributed by atoms with Crippen LogP contribution in [0.5, 0.6) is 0 Å². The molecule has 0 radical (unpaired) electrons. The molecule has 0 unspecified atom stereocenters. The van der Waals surface area contributed by atoms with E-state index >= 15 is 0 Å². The second-order valence-corrected chi connectivity index (χ2v) is 5.88. The van der Waals surface area contributed by atoms with Crippen molar-refractivity contribution in [3.8, 4) is 6.07 Å². The van der Waals surface area contributed by atoms with Crippen molar-refractivity contribution in [2.24, 2.45) is 0 Å². The molecule has 1 fully saturated rings. The van der Waals surface area contributed by atoms with Crippen molar-refractivity contribution < 1.29 is 4.79 Å². The Morgan fingerprint density at radius 2 is 1.82 bits per heavy atom. The zero-order chi connectivity index (χ0) is 12.7. The molecule has 0 heterocycles. The van der Waals surface area contributed by atoms with Gasteiger partial charge in [-0.25, -0.2) is 0 Å². The van der Waals surface area contributed by atoms with Crippen molar-refractivity contribution in [2.45, 2.75) is 44.4 Å². The fraction of sp³-hybridized carbons (Fsp3) is 0.467. The van der Waals surface area contributed by atoms with E-state index in [1.54, 1.807) is 0 Å². The first-order valence-electron chi connectivity index (χ1n) is 5.92. The lowest BCUT2D eigenvalue weighted by atomic mass is 9.61. The summed E-state index contributed by atoms with van der Waals surface area (Å²) in [6.07, 6.45) is 0.743. The van der Waals surface area contributed by atoms with Crippen LogP contribution in [0.1, 0.15) is 44.7 Å². The average Bonchev–Trinajstić information content (AvgIpc) is 2.23. The first-order chi connectivity index (χ1) is 7.89. The number of hydrogen-bond donors (Lipinski definition) is 0. The maximum absolute atomic E-state index is 11.3. The smallest absolute Gasteiger partial charge is 0.136 e. The summed E-state index contributed by atoms with van der Waals surface area (Å²) in [6.45, 7) is 6.41. The topological polar surface area (TPSA) is 40.9 Å². The largest absolute Gasteiger partial charge is 0.300 e. The molecule has 0 N–H and O–H groups in total. The van der Waals surface area contributed by atoms with Gasteiger partial charge in [0, 0.05) is 12.8 Å². The molecular weight excluding hydrogens is 210 g/mol. The lowest BCUT2D eigenvalue weighted by Gasteiger charge is -2.38. The Labute approximate surface area is 102 Å². The minimum absolute atomic E-state index is 0.000912. The molecule has 0 saturated heterocycles. The van der Waals surface area contributed by atoms with Crippen LogP contribution in [-0.2, 0) is 15.6 Å². The molecule has 88 valence electrons. The Bertz CT molecular complexity index is 494. The molecule has 17 heavy (non-hydrogen) atoms. The van der Waals surface area contributed by atoms with Gasteiger partial charge in [0.2, 0.25) is 0 Å². The number of carbonyl (C=O) groups is 1. The van der Waals surface area contributed by atoms with Gasteiger partial charge in [0.15, 0.2) is 0 Å². The summed E-state index contributed by atoms with van der Waals surface area (Å²) < 4.78 is 0. The van der Waals surface area contributed by atoms with Crippen LogP contribution in [0.25, 0.3) is 0 Å². The van der Waals surface area contributed by atoms with Gasteiger partial charge in [-0.15, -0.1) is 0 Å². The summed E-state index contributed by atoms with van der Waals surface area (Å²) in [5.74, 6) is 0.190. The molecule has 1 saturated carbocycles. The number of rotatable bonds is 1. The molecule has 1 aliphatic rings. The second-order valence-electron chi connectivity index (χ2n) is 5.88. The monoisotopic (exact) mass is 227 g/mol. The van der Waals surface area contributed by atoms with Crippen LogP contribution in [0.3, 0.4) is 0 Å². The number of carbonyl (C=O) groups excluding carboxylic acids is 1. The van der Waals surface area contributed by atoms with E-state index in [4.69, 9.17) is 0 Å². The van der Waals surface area contributed by atoms with Crippen molar-refractivity contribution in [1.29, 1.82) is 5.26 Å². The highest BCUT2D eigenvalue weighted by molar-refractivity contribution is 5.90. The Kier molecular flexibility index (Phi) is 2.58. The highest BCUT2D eigenvalue weighted by atomic mass is 16.1. The Morgan fingerprint density at radius 3 is 2.29 bits per heavy atom. The summed E-state index contributed by atoms with van der Waals surface area (Å²) in [5, 5.41) is 9.40. The third-order valence-corrected chi connectivity index (χ3v) is 3.46. The van der Waals surface area contributed by atoms with E-state index in [1.807, 2.05) is 18.2 Å². The van der Waals surface area contributed by atoms with Crippen LogP contribution >= 0.6 is 0 Å². The molecule has 1 aromatic carbocycles. The van der Waals surface area contributed by atoms with E-state index in [1.165, 1.54) is 5.56 Å². The summed E-state index contributed by atoms with van der Waals surface area (Å²) in [4.78, 5) is 11.3. The zero-order valence-corrected chi connectivity index (χ0v) is 10.6. The van der Waals surface area contributed by atoms with Gasteiger partial charge in [-0.05, 0) is 16.5 Å². The van der Waals surface area contributed by atoms with Crippen molar-refractivity contribution >= 4 is 5.78 Å². The fourth-order valence-electron chi connectivity index (χ4n) is 2.51. The molecule has 0 amide bonds. The lowest BCUT2D eigenvalue weighted by molar-refractivity contribution is -0.126. The quantitative estimate of drug-likeness (QED) is 0.739. The molecular formula is C15H17NO. The highest BCUT2D eigenvalue weighted by Gasteiger charge is 2.47. The minimum Gasteiger partial charge on any atom is -0.300 e. The second kappa shape index (κ2) is 3.70. The van der Waals surface area contributed by atoms with E-state index in [9.17, 15) is 10.1 Å². The molecule has 2 heteroatoms. The molecule has 2 nitrogen and oxygen atoms in total. The molecule has 0 bridgehead atoms. The number of benzene rings is 1. The Hall–Kier alpha value is -1.62. The number of nitrogens with zero attached hydrogens (tertiary/aromatic N) is 1. The number of Topliss-reactive ketones (excluding diaryl/α,β-unsaturated/α-hetero) is 1. The molecule has 0 spiro atoms. The summed E-state index contributed by atoms with van der Waals surface area (Å²) in [5.41, 5.74) is 1.64. The van der Waals surface area contributed by atoms with Gasteiger partial charge in [-0.2, -0.15) is 5.26 Å². The van der Waals surface area contributed by atoms with Gasteiger partial charge in [0.25, 0.3) is 0 Å². The van der Waals surface area contributed by atoms with Gasteiger partial charge in [0.1, 0.15) is 5.78 Å². The maximum atomic E-state index is 11.3. The van der Waals surface area contributed by atoms with Crippen LogP contribution in [0, 0.1) is 11.3 Å². The predicted molar refractivity (Wildman–Crippen MR) is 66.7 cm³/mol. The van der Waals surface area contributed by atoms with Crippen molar-refractivity contribution in [2.75, 3.05) is 0 Å². The van der Waals surface area contributed by atoms with Gasteiger partial charge >= 0.3 is 0 Å². The van der Waals surface area contributed by atoms with Gasteiger partial charge in [0.05, 0.1) is 11.5 Å². The molecule has 1 aromatic rings. The summed E-state index contributed by atoms with van der Waals surface area (Å²) >= 11 is 0. The van der Waals surface area contributed by atoms with Crippen molar-refractivity contribution in [1.82, 2.24) is 0 Å². The van der Waals surface area contributed by atoms with Crippen LogP contribution in [0.4, 0.5) is 0 Å². The molecule has 2 rings (SSSR count). The number of hydrogen-bond acceptors (Lipinski definition) is 2. The standard InChI is InChI=1S/C15H17NO/c1-14(2,3)12-6-4-5-7-13(12)15(10-16)8-11(17)9-15/h4-7H,8-9H2,1-3H3. The van der Waals surface area contributed by atoms with Crippen LogP contribution in [0.2, 0.25) is 0 Å². The molecule has 1 aliphatic carbocycles. The average molecular weight is 227 g/mol. The van der Waals surface area contributed by atoms with E-state index in [2.05, 4.69) is 32.9 Å². The van der Waals surface area contributed by atoms with Gasteiger partial charge in [-0.3, -0.25) is 4.79 Å². The van der Waals surface area contributed by atoms with E-state index < -0.39 is 5.41 Å². The number of ketones is 1. The van der Waals surface area contributed by atoms with Crippen LogP contribution in [0.15, 0.2) is 24.3 Å². The minimum atomic E-state index is -0.568. The Morgan fingerprint density at radius 1 is 1.24 bits per heavy atom. The molecule has 0 atom stereocenters. The van der Waals surface area contributed by atoms with E-state index in [0.29, 0.717) is 12.8 Å². The Balaban J connectivity index is 2.54. The third-order valence-electron chi connectivity index (χ3n) is 3.46. The SMILES string of the molecule is CC(C)(C)c1ccccc1C1(C#N)CC(=O)C1. The van der Waals surface area contributed by atoms with Crippen molar-refractivity contribution in [3.05, 3.63) is 35.4 Å². The van der Waals surface area contributed by atoms with E-state index in [0.717, 1.165) is 5.56 Å². The molecule has 0 aromatic heterocycles. The zero-order valence-electron chi connectivity index (χ0n) is 10.6. The molecule has 0 aliphatic heterocycles. The fourth-order valence-corrected chi connectivity index (χ4v) is 2.51.